The zero-order valence-corrected chi connectivity index (χ0v) is 18.4. The molecule has 1 aromatic rings. The van der Waals surface area contributed by atoms with Crippen LogP contribution in [0.5, 0.6) is 0 Å². The molecule has 1 heterocycles. The Bertz CT molecular complexity index is 848. The highest BCUT2D eigenvalue weighted by atomic mass is 16.5. The molecule has 2 rings (SSSR count). The van der Waals surface area contributed by atoms with Crippen LogP contribution in [0.2, 0.25) is 0 Å². The smallest absolute Gasteiger partial charge is 0.254 e. The Morgan fingerprint density at radius 1 is 1.29 bits per heavy atom. The predicted octanol–water partition coefficient (Wildman–Crippen LogP) is 2.11. The lowest BCUT2D eigenvalue weighted by Crippen LogP contribution is -2.37. The first kappa shape index (κ1) is 24.0. The summed E-state index contributed by atoms with van der Waals surface area (Å²) in [5.41, 5.74) is 1.57. The van der Waals surface area contributed by atoms with Gasteiger partial charge < -0.3 is 15.4 Å². The third kappa shape index (κ3) is 7.82. The van der Waals surface area contributed by atoms with Crippen LogP contribution in [0, 0.1) is 11.8 Å². The van der Waals surface area contributed by atoms with Gasteiger partial charge in [0.05, 0.1) is 25.5 Å². The van der Waals surface area contributed by atoms with Crippen LogP contribution in [-0.2, 0) is 20.9 Å². The van der Waals surface area contributed by atoms with Crippen LogP contribution >= 0.6 is 0 Å². The molecule has 1 aliphatic heterocycles. The molecule has 1 saturated heterocycles. The molecule has 0 aliphatic carbocycles. The van der Waals surface area contributed by atoms with Gasteiger partial charge in [0.2, 0.25) is 5.91 Å². The number of carbonyl (C=O) groups is 2. The van der Waals surface area contributed by atoms with Crippen molar-refractivity contribution in [2.75, 3.05) is 26.7 Å². The average molecular weight is 426 g/mol. The van der Waals surface area contributed by atoms with Crippen LogP contribution in [-0.4, -0.2) is 55.5 Å². The van der Waals surface area contributed by atoms with Crippen LogP contribution in [0.25, 0.3) is 0 Å². The minimum Gasteiger partial charge on any atom is -0.504 e. The van der Waals surface area contributed by atoms with E-state index in [9.17, 15) is 9.59 Å². The van der Waals surface area contributed by atoms with Gasteiger partial charge in [-0.15, -0.1) is 5.10 Å². The average Bonchev–Trinajstić information content (AvgIpc) is 3.11. The van der Waals surface area contributed by atoms with E-state index in [-0.39, 0.29) is 24.3 Å². The number of benzene rings is 1. The van der Waals surface area contributed by atoms with E-state index in [4.69, 9.17) is 4.74 Å². The maximum atomic E-state index is 12.0. The number of nitrogens with one attached hydrogen (secondary N) is 2. The summed E-state index contributed by atoms with van der Waals surface area (Å²) < 4.78 is 4.83. The first-order chi connectivity index (χ1) is 14.9. The fourth-order valence-corrected chi connectivity index (χ4v) is 3.47. The zero-order valence-electron chi connectivity index (χ0n) is 18.4. The van der Waals surface area contributed by atoms with Gasteiger partial charge in [-0.25, -0.2) is 0 Å². The van der Waals surface area contributed by atoms with Crippen LogP contribution in [0.4, 0.5) is 0 Å². The van der Waals surface area contributed by atoms with E-state index in [1.807, 2.05) is 18.2 Å². The summed E-state index contributed by atoms with van der Waals surface area (Å²) in [7, 11) is 1.46. The normalized spacial score (nSPS) is 20.0. The predicted molar refractivity (Wildman–Crippen MR) is 122 cm³/mol. The number of amides is 2. The summed E-state index contributed by atoms with van der Waals surface area (Å²) in [4.78, 5) is 26.0. The van der Waals surface area contributed by atoms with Gasteiger partial charge in [0.15, 0.2) is 0 Å². The van der Waals surface area contributed by atoms with Crippen molar-refractivity contribution in [2.24, 2.45) is 22.0 Å². The highest BCUT2D eigenvalue weighted by molar-refractivity contribution is 5.99. The maximum absolute atomic E-state index is 12.0. The number of hydrogen-bond acceptors (Lipinski definition) is 6. The van der Waals surface area contributed by atoms with Crippen LogP contribution < -0.4 is 10.6 Å². The lowest BCUT2D eigenvalue weighted by molar-refractivity contribution is -0.118. The molecule has 8 nitrogen and oxygen atoms in total. The molecule has 8 heteroatoms. The van der Waals surface area contributed by atoms with E-state index >= 15 is 0 Å². The molecule has 1 fully saturated rings. The molecule has 1 aromatic carbocycles. The largest absolute Gasteiger partial charge is 0.504 e. The van der Waals surface area contributed by atoms with E-state index < -0.39 is 0 Å². The van der Waals surface area contributed by atoms with Gasteiger partial charge in [-0.2, -0.15) is 5.10 Å². The molecule has 2 atom stereocenters. The zero-order chi connectivity index (χ0) is 22.6. The second-order valence-corrected chi connectivity index (χ2v) is 7.45. The molecule has 0 saturated carbocycles. The van der Waals surface area contributed by atoms with Gasteiger partial charge in [0, 0.05) is 38.7 Å². The van der Waals surface area contributed by atoms with E-state index in [0.717, 1.165) is 19.6 Å². The molecule has 0 spiro atoms. The van der Waals surface area contributed by atoms with Gasteiger partial charge in [-0.05, 0) is 11.5 Å². The van der Waals surface area contributed by atoms with Gasteiger partial charge in [0.1, 0.15) is 5.84 Å². The maximum Gasteiger partial charge on any atom is 0.254 e. The van der Waals surface area contributed by atoms with E-state index in [2.05, 4.69) is 51.4 Å². The lowest BCUT2D eigenvalue weighted by Gasteiger charge is -2.17. The summed E-state index contributed by atoms with van der Waals surface area (Å²) in [5, 5.41) is 13.8. The highest BCUT2D eigenvalue weighted by Gasteiger charge is 2.33. The van der Waals surface area contributed by atoms with Crippen molar-refractivity contribution in [1.29, 1.82) is 0 Å². The summed E-state index contributed by atoms with van der Waals surface area (Å²) in [6, 6.07) is 10.3. The highest BCUT2D eigenvalue weighted by Crippen LogP contribution is 2.25. The Morgan fingerprint density at radius 3 is 2.68 bits per heavy atom. The van der Waals surface area contributed by atoms with Crippen molar-refractivity contribution in [3.8, 4) is 0 Å². The minimum atomic E-state index is -0.324. The molecule has 2 amide bonds. The monoisotopic (exact) mass is 425 g/mol. The summed E-state index contributed by atoms with van der Waals surface area (Å²) in [6.45, 7) is 9.91. The van der Waals surface area contributed by atoms with Gasteiger partial charge in [-0.1, -0.05) is 49.9 Å². The van der Waals surface area contributed by atoms with Gasteiger partial charge in [0.25, 0.3) is 5.91 Å². The van der Waals surface area contributed by atoms with Crippen molar-refractivity contribution < 1.29 is 14.3 Å². The molecule has 0 aromatic heterocycles. The lowest BCUT2D eigenvalue weighted by atomic mass is 9.97. The second-order valence-electron chi connectivity index (χ2n) is 7.45. The van der Waals surface area contributed by atoms with Gasteiger partial charge >= 0.3 is 0 Å². The number of nitrogens with zero attached hydrogens (tertiary/aromatic N) is 3. The molecule has 2 N–H and O–H groups in total. The molecular weight excluding hydrogens is 394 g/mol. The fraction of sp³-hybridized carbons (Fsp3) is 0.391. The quantitative estimate of drug-likeness (QED) is 0.158. The number of carbonyl (C=O) groups excluding carboxylic acids is 2. The standard InChI is InChI=1S/C23H31N5O3/c1-5-20(16-31-4)23(30)24-11-12-25-27-22(26-18(3)29)21-15-28(13-17(21)2)14-19-9-7-6-8-10-19/h5-10,12,16-17,21H,1,11,13-15H2,2-4H3,(H,24,30)(H,26,27,29)/b20-16+,25-12+. The first-order valence-corrected chi connectivity index (χ1v) is 10.2. The van der Waals surface area contributed by atoms with Crippen molar-refractivity contribution in [1.82, 2.24) is 15.5 Å². The Kier molecular flexibility index (Phi) is 9.64. The third-order valence-electron chi connectivity index (χ3n) is 4.92. The van der Waals surface area contributed by atoms with Crippen LogP contribution in [0.1, 0.15) is 19.4 Å². The summed E-state index contributed by atoms with van der Waals surface area (Å²) in [6.07, 6.45) is 4.20. The molecule has 31 heavy (non-hydrogen) atoms. The molecule has 2 unspecified atom stereocenters. The fourth-order valence-electron chi connectivity index (χ4n) is 3.47. The number of hydrogen-bond donors (Lipinski definition) is 2. The van der Waals surface area contributed by atoms with Crippen molar-refractivity contribution in [3.05, 3.63) is 60.4 Å². The van der Waals surface area contributed by atoms with Crippen molar-refractivity contribution in [3.63, 3.8) is 0 Å². The topological polar surface area (TPSA) is 95.4 Å². The molecule has 0 bridgehead atoms. The van der Waals surface area contributed by atoms with E-state index in [1.54, 1.807) is 0 Å². The van der Waals surface area contributed by atoms with Crippen molar-refractivity contribution in [2.45, 2.75) is 20.4 Å². The Morgan fingerprint density at radius 2 is 2.03 bits per heavy atom. The number of rotatable bonds is 9. The molecule has 1 aliphatic rings. The van der Waals surface area contributed by atoms with Crippen LogP contribution in [0.3, 0.4) is 0 Å². The Hall–Kier alpha value is -3.26. The Balaban J connectivity index is 1.98. The van der Waals surface area contributed by atoms with Crippen LogP contribution in [0.15, 0.2) is 65.0 Å². The van der Waals surface area contributed by atoms with Crippen molar-refractivity contribution >= 4 is 23.9 Å². The minimum absolute atomic E-state index is 0.0661. The third-order valence-corrected chi connectivity index (χ3v) is 4.92. The molecule has 166 valence electrons. The number of amidine groups is 1. The Labute approximate surface area is 183 Å². The number of ether oxygens (including phenoxy) is 1. The van der Waals surface area contributed by atoms with Gasteiger partial charge in [-0.3, -0.25) is 14.5 Å². The number of methoxy groups -OCH3 is 1. The second kappa shape index (κ2) is 12.4. The SMILES string of the molecule is C=C/C(=C\OC)C(=O)NC/C=N/N=C(\NC(C)=O)C1CN(Cc2ccccc2)CC1C. The first-order valence-electron chi connectivity index (χ1n) is 10.2. The molecular formula is C23H31N5O3. The van der Waals surface area contributed by atoms with E-state index in [1.165, 1.54) is 38.1 Å². The van der Waals surface area contributed by atoms with E-state index in [0.29, 0.717) is 17.3 Å². The number of likely N-dealkylation sites (tertiary alicyclic amines) is 1. The molecule has 0 radical (unpaired) electrons. The summed E-state index contributed by atoms with van der Waals surface area (Å²) >= 11 is 0. The summed E-state index contributed by atoms with van der Waals surface area (Å²) in [5.74, 6) is 0.422.